The maximum absolute atomic E-state index is 9.43. The number of ether oxygens (including phenoxy) is 1. The lowest BCUT2D eigenvalue weighted by atomic mass is 10.2. The molecule has 0 aromatic heterocycles. The average Bonchev–Trinajstić information content (AvgIpc) is 2.67. The van der Waals surface area contributed by atoms with Gasteiger partial charge in [0.1, 0.15) is 5.75 Å². The summed E-state index contributed by atoms with van der Waals surface area (Å²) in [7, 11) is 0. The molecular weight excluding hydrogens is 202 g/mol. The molecule has 0 spiro atoms. The number of aliphatic hydroxyl groups excluding tert-OH is 1. The molecule has 1 aromatic carbocycles. The highest BCUT2D eigenvalue weighted by molar-refractivity contribution is 5.27. The van der Waals surface area contributed by atoms with Gasteiger partial charge in [0.05, 0.1) is 12.7 Å². The molecule has 1 heterocycles. The topological polar surface area (TPSA) is 32.7 Å². The first-order chi connectivity index (χ1) is 7.78. The van der Waals surface area contributed by atoms with E-state index in [9.17, 15) is 5.11 Å². The van der Waals surface area contributed by atoms with Crippen LogP contribution in [0.2, 0.25) is 0 Å². The molecule has 1 atom stereocenters. The van der Waals surface area contributed by atoms with Crippen LogP contribution < -0.4 is 4.74 Å². The van der Waals surface area contributed by atoms with Crippen LogP contribution >= 0.6 is 0 Å². The van der Waals surface area contributed by atoms with Crippen molar-refractivity contribution in [3.8, 4) is 5.75 Å². The Labute approximate surface area is 96.6 Å². The molecule has 0 bridgehead atoms. The zero-order valence-electron chi connectivity index (χ0n) is 9.72. The second-order valence-electron chi connectivity index (χ2n) is 4.25. The molecule has 1 aliphatic heterocycles. The summed E-state index contributed by atoms with van der Waals surface area (Å²) >= 11 is 0. The van der Waals surface area contributed by atoms with E-state index >= 15 is 0 Å². The van der Waals surface area contributed by atoms with Crippen LogP contribution in [0.15, 0.2) is 24.3 Å². The fourth-order valence-electron chi connectivity index (χ4n) is 2.07. The summed E-state index contributed by atoms with van der Waals surface area (Å²) in [4.78, 5) is 2.28. The second kappa shape index (κ2) is 5.32. The first kappa shape index (κ1) is 11.4. The molecule has 16 heavy (non-hydrogen) atoms. The zero-order valence-corrected chi connectivity index (χ0v) is 9.72. The lowest BCUT2D eigenvalue weighted by molar-refractivity contribution is 0.175. The van der Waals surface area contributed by atoms with Gasteiger partial charge in [0.25, 0.3) is 0 Å². The van der Waals surface area contributed by atoms with Crippen molar-refractivity contribution < 1.29 is 9.84 Å². The number of benzene rings is 1. The van der Waals surface area contributed by atoms with Crippen LogP contribution in [0.25, 0.3) is 0 Å². The monoisotopic (exact) mass is 221 g/mol. The van der Waals surface area contributed by atoms with Crippen molar-refractivity contribution in [2.75, 3.05) is 19.7 Å². The van der Waals surface area contributed by atoms with Crippen molar-refractivity contribution in [3.63, 3.8) is 0 Å². The molecule has 0 radical (unpaired) electrons. The summed E-state index contributed by atoms with van der Waals surface area (Å²) in [6.07, 6.45) is 0.763. The minimum absolute atomic E-state index is 0.136. The molecule has 0 saturated carbocycles. The Balaban J connectivity index is 1.89. The number of hydrogen-bond acceptors (Lipinski definition) is 3. The van der Waals surface area contributed by atoms with Crippen molar-refractivity contribution in [2.24, 2.45) is 0 Å². The average molecular weight is 221 g/mol. The second-order valence-corrected chi connectivity index (χ2v) is 4.25. The number of hydrogen-bond donors (Lipinski definition) is 1. The summed E-state index contributed by atoms with van der Waals surface area (Å²) in [6, 6.07) is 8.20. The predicted octanol–water partition coefficient (Wildman–Crippen LogP) is 1.65. The van der Waals surface area contributed by atoms with E-state index in [2.05, 4.69) is 17.0 Å². The molecule has 1 aliphatic rings. The summed E-state index contributed by atoms with van der Waals surface area (Å²) in [5, 5.41) is 9.43. The summed E-state index contributed by atoms with van der Waals surface area (Å²) in [6.45, 7) is 5.41. The quantitative estimate of drug-likeness (QED) is 0.839. The Morgan fingerprint density at radius 2 is 2.12 bits per heavy atom. The minimum atomic E-state index is -0.136. The van der Waals surface area contributed by atoms with Gasteiger partial charge in [-0.25, -0.2) is 0 Å². The summed E-state index contributed by atoms with van der Waals surface area (Å²) in [5.41, 5.74) is 1.28. The van der Waals surface area contributed by atoms with Crippen LogP contribution in [0.4, 0.5) is 0 Å². The third-order valence-electron chi connectivity index (χ3n) is 2.89. The molecule has 2 rings (SSSR count). The maximum Gasteiger partial charge on any atom is 0.119 e. The Morgan fingerprint density at radius 3 is 2.69 bits per heavy atom. The van der Waals surface area contributed by atoms with Gasteiger partial charge in [0, 0.05) is 19.6 Å². The Morgan fingerprint density at radius 1 is 1.38 bits per heavy atom. The van der Waals surface area contributed by atoms with Crippen LogP contribution in [-0.4, -0.2) is 35.8 Å². The van der Waals surface area contributed by atoms with Gasteiger partial charge in [0.15, 0.2) is 0 Å². The first-order valence-electron chi connectivity index (χ1n) is 5.90. The van der Waals surface area contributed by atoms with E-state index in [4.69, 9.17) is 4.74 Å². The van der Waals surface area contributed by atoms with E-state index in [0.29, 0.717) is 6.61 Å². The normalized spacial score (nSPS) is 21.2. The highest BCUT2D eigenvalue weighted by Crippen LogP contribution is 2.16. The van der Waals surface area contributed by atoms with Crippen LogP contribution in [0.3, 0.4) is 0 Å². The molecule has 1 N–H and O–H groups in total. The van der Waals surface area contributed by atoms with Gasteiger partial charge in [-0.05, 0) is 31.0 Å². The number of aliphatic hydroxyl groups is 1. The Bertz CT molecular complexity index is 323. The molecule has 3 nitrogen and oxygen atoms in total. The van der Waals surface area contributed by atoms with Crippen molar-refractivity contribution in [2.45, 2.75) is 26.0 Å². The molecular formula is C13H19NO2. The number of nitrogens with zero attached hydrogens (tertiary/aromatic N) is 1. The summed E-state index contributed by atoms with van der Waals surface area (Å²) in [5.74, 6) is 0.924. The van der Waals surface area contributed by atoms with Crippen molar-refractivity contribution in [1.82, 2.24) is 4.90 Å². The van der Waals surface area contributed by atoms with E-state index in [0.717, 1.165) is 31.8 Å². The Kier molecular flexibility index (Phi) is 3.80. The number of β-amino-alcohol motifs (C(OH)–C–C–N with tert-alkyl or cyclic N) is 1. The van der Waals surface area contributed by atoms with Gasteiger partial charge < -0.3 is 9.84 Å². The molecule has 0 aliphatic carbocycles. The Hall–Kier alpha value is -1.06. The van der Waals surface area contributed by atoms with Crippen LogP contribution in [0.5, 0.6) is 5.75 Å². The molecule has 0 unspecified atom stereocenters. The minimum Gasteiger partial charge on any atom is -0.494 e. The third-order valence-corrected chi connectivity index (χ3v) is 2.89. The smallest absolute Gasteiger partial charge is 0.119 e. The van der Waals surface area contributed by atoms with E-state index in [1.165, 1.54) is 5.56 Å². The van der Waals surface area contributed by atoms with Crippen LogP contribution in [0, 0.1) is 0 Å². The van der Waals surface area contributed by atoms with Gasteiger partial charge in [-0.2, -0.15) is 0 Å². The third kappa shape index (κ3) is 2.97. The maximum atomic E-state index is 9.43. The van der Waals surface area contributed by atoms with Gasteiger partial charge in [-0.1, -0.05) is 12.1 Å². The predicted molar refractivity (Wildman–Crippen MR) is 63.5 cm³/mol. The van der Waals surface area contributed by atoms with Gasteiger partial charge in [0.2, 0.25) is 0 Å². The number of likely N-dealkylation sites (tertiary alicyclic amines) is 1. The van der Waals surface area contributed by atoms with Gasteiger partial charge in [-0.15, -0.1) is 0 Å². The largest absolute Gasteiger partial charge is 0.494 e. The highest BCUT2D eigenvalue weighted by Gasteiger charge is 2.19. The van der Waals surface area contributed by atoms with Crippen molar-refractivity contribution in [3.05, 3.63) is 29.8 Å². The SMILES string of the molecule is CCOc1ccc(CN2CC[C@H](O)C2)cc1. The van der Waals surface area contributed by atoms with Crippen molar-refractivity contribution in [1.29, 1.82) is 0 Å². The van der Waals surface area contributed by atoms with Crippen molar-refractivity contribution >= 4 is 0 Å². The zero-order chi connectivity index (χ0) is 11.4. The van der Waals surface area contributed by atoms with Gasteiger partial charge >= 0.3 is 0 Å². The lowest BCUT2D eigenvalue weighted by Gasteiger charge is -2.15. The molecule has 88 valence electrons. The highest BCUT2D eigenvalue weighted by atomic mass is 16.5. The molecule has 3 heteroatoms. The fraction of sp³-hybridized carbons (Fsp3) is 0.538. The molecule has 0 amide bonds. The molecule has 1 fully saturated rings. The van der Waals surface area contributed by atoms with Crippen LogP contribution in [0.1, 0.15) is 18.9 Å². The van der Waals surface area contributed by atoms with Crippen LogP contribution in [-0.2, 0) is 6.54 Å². The lowest BCUT2D eigenvalue weighted by Crippen LogP contribution is -2.21. The van der Waals surface area contributed by atoms with Gasteiger partial charge in [-0.3, -0.25) is 4.90 Å². The molecule has 1 saturated heterocycles. The number of rotatable bonds is 4. The molecule has 1 aromatic rings. The first-order valence-corrected chi connectivity index (χ1v) is 5.90. The summed E-state index contributed by atoms with van der Waals surface area (Å²) < 4.78 is 5.39. The fourth-order valence-corrected chi connectivity index (χ4v) is 2.07. The van der Waals surface area contributed by atoms with E-state index in [1.54, 1.807) is 0 Å². The van der Waals surface area contributed by atoms with E-state index in [-0.39, 0.29) is 6.10 Å². The standard InChI is InChI=1S/C13H19NO2/c1-2-16-13-5-3-11(4-6-13)9-14-8-7-12(15)10-14/h3-6,12,15H,2,7-10H2,1H3/t12-/m0/s1. The van der Waals surface area contributed by atoms with E-state index in [1.807, 2.05) is 19.1 Å². The van der Waals surface area contributed by atoms with E-state index < -0.39 is 0 Å².